The lowest BCUT2D eigenvalue weighted by atomic mass is 9.91. The molecule has 0 unspecified atom stereocenters. The summed E-state index contributed by atoms with van der Waals surface area (Å²) in [6.07, 6.45) is 14.0. The third-order valence-electron chi connectivity index (χ3n) is 8.24. The number of amides is 2. The van der Waals surface area contributed by atoms with E-state index in [9.17, 15) is 9.59 Å². The third-order valence-corrected chi connectivity index (χ3v) is 8.57. The minimum atomic E-state index is -0.504. The number of halogens is 1. The number of carbonyl (C=O) groups excluding carboxylic acids is 2. The van der Waals surface area contributed by atoms with E-state index in [-0.39, 0.29) is 29.0 Å². The number of hydrogen-bond donors (Lipinski definition) is 5. The zero-order valence-corrected chi connectivity index (χ0v) is 29.0. The Bertz CT molecular complexity index is 1650. The van der Waals surface area contributed by atoms with E-state index in [0.29, 0.717) is 34.7 Å². The van der Waals surface area contributed by atoms with Gasteiger partial charge in [0, 0.05) is 56.2 Å². The highest BCUT2D eigenvalue weighted by Gasteiger charge is 2.30. The molecule has 1 saturated carbocycles. The molecule has 7 N–H and O–H groups in total. The maximum atomic E-state index is 12.5. The van der Waals surface area contributed by atoms with Crippen LogP contribution in [0.2, 0.25) is 5.02 Å². The average molecular weight is 676 g/mol. The summed E-state index contributed by atoms with van der Waals surface area (Å²) in [4.78, 5) is 31.6. The second kappa shape index (κ2) is 16.9. The average Bonchev–Trinajstić information content (AvgIpc) is 3.91. The number of allylic oxidation sites excluding steroid dienone is 6. The monoisotopic (exact) mass is 675 g/mol. The van der Waals surface area contributed by atoms with E-state index >= 15 is 0 Å². The lowest BCUT2D eigenvalue weighted by molar-refractivity contribution is -0.121. The summed E-state index contributed by atoms with van der Waals surface area (Å²) in [6.45, 7) is 6.71. The predicted molar refractivity (Wildman–Crippen MR) is 191 cm³/mol. The van der Waals surface area contributed by atoms with Crippen LogP contribution in [0.4, 0.5) is 5.69 Å². The first-order valence-electron chi connectivity index (χ1n) is 16.0. The van der Waals surface area contributed by atoms with Crippen LogP contribution in [-0.4, -0.2) is 56.1 Å². The van der Waals surface area contributed by atoms with Crippen molar-refractivity contribution in [2.24, 2.45) is 23.3 Å². The molecule has 0 radical (unpaired) electrons. The number of likely N-dealkylation sites (tertiary alicyclic amines) is 1. The number of pyridine rings is 1. The maximum absolute atomic E-state index is 12.5. The number of nitrogens with zero attached hydrogens (tertiary/aromatic N) is 2. The van der Waals surface area contributed by atoms with E-state index in [1.165, 1.54) is 18.7 Å². The van der Waals surface area contributed by atoms with Gasteiger partial charge in [-0.1, -0.05) is 60.5 Å². The standard InChI is InChI=1S/C36H46ClN7O4/c1-6-7-9-23(13-12-22(2)25-19-44(20-25)21-31-28(37)16-26(47-4)18-41-31)27-10-8-11-29(34(27)48-5)42-30(33(39)36(46)40-3)17-32(38)43-35(45)24-14-15-24/h7-13,16-18,24-25,42H,6,14-15,19-21,38-39H2,1-5H3,(H,40,46)(H,43,45)/b9-7+,22-12+,23-13+,32-17+,33-30+. The minimum absolute atomic E-state index is 0.0385. The van der Waals surface area contributed by atoms with Gasteiger partial charge in [-0.3, -0.25) is 19.5 Å². The Morgan fingerprint density at radius 1 is 1.12 bits per heavy atom. The van der Waals surface area contributed by atoms with Gasteiger partial charge in [0.1, 0.15) is 23.0 Å². The van der Waals surface area contributed by atoms with Crippen molar-refractivity contribution in [2.75, 3.05) is 39.7 Å². The summed E-state index contributed by atoms with van der Waals surface area (Å²) in [5.74, 6) is 0.964. The molecule has 1 aliphatic carbocycles. The lowest BCUT2D eigenvalue weighted by Gasteiger charge is -2.39. The highest BCUT2D eigenvalue weighted by Crippen LogP contribution is 2.36. The molecule has 1 saturated heterocycles. The number of nitrogens with two attached hydrogens (primary N) is 2. The van der Waals surface area contributed by atoms with Crippen molar-refractivity contribution in [2.45, 2.75) is 39.7 Å². The minimum Gasteiger partial charge on any atom is -0.495 e. The SMILES string of the molecule is CC/C=C/C(=C\C=C(/C)C1CN(Cc2ncc(OC)cc2Cl)C1)c1cccc(NC(/C=C(\N)NC(=O)C2CC2)=C(/N)C(=O)NC)c1OC. The molecule has 2 aromatic rings. The Labute approximate surface area is 287 Å². The Hall–Kier alpha value is -4.74. The van der Waals surface area contributed by atoms with Crippen LogP contribution < -0.4 is 36.9 Å². The topological polar surface area (TPSA) is 157 Å². The number of ether oxygens (including phenoxy) is 2. The van der Waals surface area contributed by atoms with Gasteiger partial charge in [-0.15, -0.1) is 0 Å². The van der Waals surface area contributed by atoms with Gasteiger partial charge in [0.25, 0.3) is 5.91 Å². The number of carbonyl (C=O) groups is 2. The highest BCUT2D eigenvalue weighted by molar-refractivity contribution is 6.31. The number of para-hydroxylation sites is 1. The molecule has 12 heteroatoms. The number of methoxy groups -OCH3 is 2. The zero-order chi connectivity index (χ0) is 34.8. The molecule has 11 nitrogen and oxygen atoms in total. The van der Waals surface area contributed by atoms with Crippen LogP contribution in [-0.2, 0) is 16.1 Å². The fourth-order valence-electron chi connectivity index (χ4n) is 5.16. The Morgan fingerprint density at radius 3 is 2.50 bits per heavy atom. The first-order valence-corrected chi connectivity index (χ1v) is 16.4. The van der Waals surface area contributed by atoms with Gasteiger partial charge in [0.2, 0.25) is 5.91 Å². The van der Waals surface area contributed by atoms with Crippen molar-refractivity contribution in [3.8, 4) is 11.5 Å². The van der Waals surface area contributed by atoms with E-state index in [2.05, 4.69) is 64.0 Å². The maximum Gasteiger partial charge on any atom is 0.269 e. The Balaban J connectivity index is 1.56. The number of aromatic nitrogens is 1. The molecule has 0 spiro atoms. The molecule has 2 heterocycles. The first kappa shape index (κ1) is 36.1. The Morgan fingerprint density at radius 2 is 1.88 bits per heavy atom. The number of anilines is 1. The van der Waals surface area contributed by atoms with Crippen LogP contribution in [0.5, 0.6) is 11.5 Å². The van der Waals surface area contributed by atoms with E-state index < -0.39 is 5.91 Å². The van der Waals surface area contributed by atoms with Crippen molar-refractivity contribution >= 4 is 34.7 Å². The molecule has 1 aromatic carbocycles. The van der Waals surface area contributed by atoms with Crippen LogP contribution in [0.1, 0.15) is 44.4 Å². The molecular formula is C36H46ClN7O4. The van der Waals surface area contributed by atoms with Crippen LogP contribution in [0.3, 0.4) is 0 Å². The van der Waals surface area contributed by atoms with Crippen molar-refractivity contribution in [1.82, 2.24) is 20.5 Å². The molecule has 2 aliphatic rings. The van der Waals surface area contributed by atoms with Gasteiger partial charge in [-0.2, -0.15) is 0 Å². The van der Waals surface area contributed by atoms with Crippen LogP contribution >= 0.6 is 11.6 Å². The van der Waals surface area contributed by atoms with Gasteiger partial charge >= 0.3 is 0 Å². The first-order chi connectivity index (χ1) is 23.1. The molecule has 2 amide bonds. The number of hydrogen-bond acceptors (Lipinski definition) is 9. The van der Waals surface area contributed by atoms with Crippen molar-refractivity contribution in [3.05, 3.63) is 99.9 Å². The van der Waals surface area contributed by atoms with Gasteiger partial charge in [-0.05, 0) is 37.8 Å². The van der Waals surface area contributed by atoms with E-state index in [0.717, 1.165) is 49.2 Å². The van der Waals surface area contributed by atoms with Gasteiger partial charge < -0.3 is 36.9 Å². The molecular weight excluding hydrogens is 630 g/mol. The molecule has 1 aliphatic heterocycles. The Kier molecular flexibility index (Phi) is 12.7. The number of likely N-dealkylation sites (N-methyl/N-ethyl adjacent to an activating group) is 1. The summed E-state index contributed by atoms with van der Waals surface area (Å²) in [7, 11) is 4.67. The van der Waals surface area contributed by atoms with Crippen molar-refractivity contribution < 1.29 is 19.1 Å². The summed E-state index contributed by atoms with van der Waals surface area (Å²) < 4.78 is 11.1. The largest absolute Gasteiger partial charge is 0.495 e. The van der Waals surface area contributed by atoms with Gasteiger partial charge in [0.15, 0.2) is 0 Å². The van der Waals surface area contributed by atoms with Crippen LogP contribution in [0, 0.1) is 11.8 Å². The molecule has 256 valence electrons. The van der Waals surface area contributed by atoms with Crippen LogP contribution in [0.25, 0.3) is 5.57 Å². The van der Waals surface area contributed by atoms with E-state index in [1.807, 2.05) is 18.2 Å². The normalized spacial score (nSPS) is 16.7. The summed E-state index contributed by atoms with van der Waals surface area (Å²) in [6, 6.07) is 7.47. The number of benzene rings is 1. The fraction of sp³-hybridized carbons (Fsp3) is 0.361. The second-order valence-electron chi connectivity index (χ2n) is 11.8. The number of rotatable bonds is 15. The van der Waals surface area contributed by atoms with E-state index in [1.54, 1.807) is 26.5 Å². The zero-order valence-electron chi connectivity index (χ0n) is 28.2. The van der Waals surface area contributed by atoms with Gasteiger partial charge in [-0.25, -0.2) is 0 Å². The molecule has 0 bridgehead atoms. The lowest BCUT2D eigenvalue weighted by Crippen LogP contribution is -2.46. The summed E-state index contributed by atoms with van der Waals surface area (Å²) in [5, 5.41) is 9.03. The number of nitrogens with one attached hydrogen (secondary N) is 3. The van der Waals surface area contributed by atoms with Crippen molar-refractivity contribution in [1.29, 1.82) is 0 Å². The molecule has 0 atom stereocenters. The molecule has 4 rings (SSSR count). The third kappa shape index (κ3) is 9.42. The van der Waals surface area contributed by atoms with E-state index in [4.69, 9.17) is 32.5 Å². The smallest absolute Gasteiger partial charge is 0.269 e. The molecule has 1 aromatic heterocycles. The van der Waals surface area contributed by atoms with Crippen molar-refractivity contribution in [3.63, 3.8) is 0 Å². The van der Waals surface area contributed by atoms with Crippen LogP contribution in [0.15, 0.2) is 83.6 Å². The summed E-state index contributed by atoms with van der Waals surface area (Å²) >= 11 is 6.41. The molecule has 48 heavy (non-hydrogen) atoms. The molecule has 2 fully saturated rings. The predicted octanol–water partition coefficient (Wildman–Crippen LogP) is 4.83. The second-order valence-corrected chi connectivity index (χ2v) is 12.2. The van der Waals surface area contributed by atoms with Gasteiger partial charge in [0.05, 0.1) is 42.5 Å². The quantitative estimate of drug-likeness (QED) is 0.132. The highest BCUT2D eigenvalue weighted by atomic mass is 35.5. The summed E-state index contributed by atoms with van der Waals surface area (Å²) in [5.41, 5.74) is 16.9. The fourth-order valence-corrected chi connectivity index (χ4v) is 5.38.